The van der Waals surface area contributed by atoms with E-state index in [1.54, 1.807) is 0 Å². The van der Waals surface area contributed by atoms with Crippen molar-refractivity contribution < 1.29 is 0 Å². The second-order valence-corrected chi connectivity index (χ2v) is 31.2. The molecule has 4 aromatic heterocycles. The van der Waals surface area contributed by atoms with E-state index in [1.165, 1.54) is 193 Å². The minimum Gasteiger partial charge on any atom is -0.309 e. The van der Waals surface area contributed by atoms with Crippen molar-refractivity contribution in [3.63, 3.8) is 0 Å². The molecule has 1 aliphatic carbocycles. The molecule has 0 fully saturated rings. The van der Waals surface area contributed by atoms with Crippen molar-refractivity contribution in [3.8, 4) is 112 Å². The van der Waals surface area contributed by atoms with Crippen LogP contribution in [0.5, 0.6) is 0 Å². The van der Waals surface area contributed by atoms with E-state index in [9.17, 15) is 0 Å². The molecule has 540 valence electrons. The Balaban J connectivity index is 0.000000140. The molecule has 23 rings (SSSR count). The molecule has 0 bridgehead atoms. The molecule has 22 aromatic rings. The van der Waals surface area contributed by atoms with Crippen molar-refractivity contribution >= 4 is 87.2 Å². The van der Waals surface area contributed by atoms with Crippen LogP contribution in [-0.2, 0) is 5.41 Å². The van der Waals surface area contributed by atoms with E-state index >= 15 is 0 Å². The van der Waals surface area contributed by atoms with E-state index in [-0.39, 0.29) is 5.41 Å². The Morgan fingerprint density at radius 2 is 0.391 bits per heavy atom. The predicted octanol–water partition coefficient (Wildman–Crippen LogP) is 29.7. The standard InChI is InChI=1S/C57H40N2.C54H36N2/c1-57(2)51-22-12-9-19-45(51)46-28-25-40(36-52(46)57)42-31-41(39-27-30-55-50(35-39)47-20-10-13-23-53(47)58(55)43-17-7-4-8-18-43)32-44(33-42)59-54-24-14-11-21-48(54)49-34-38(26-29-56(49)59)37-15-5-3-6-16-37;1-4-14-37(15-5-1)39-24-26-40(27-25-39)43-32-44(34-46(33-43)56-51-22-12-10-20-47(51)48-21-11-13-23-52(48)56)42-29-31-54-50(36-42)49-35-41(38-16-6-2-7-17-38)28-30-53(49)55(54)45-18-8-3-9-19-45/h3-36H,1-2H3;1-36H. The van der Waals surface area contributed by atoms with Crippen LogP contribution in [0.15, 0.2) is 425 Å². The van der Waals surface area contributed by atoms with E-state index in [4.69, 9.17) is 0 Å². The van der Waals surface area contributed by atoms with Crippen molar-refractivity contribution in [2.75, 3.05) is 0 Å². The van der Waals surface area contributed by atoms with Crippen molar-refractivity contribution in [2.45, 2.75) is 19.3 Å². The molecule has 0 amide bonds. The summed E-state index contributed by atoms with van der Waals surface area (Å²) < 4.78 is 9.70. The minimum atomic E-state index is -0.0936. The summed E-state index contributed by atoms with van der Waals surface area (Å²) in [7, 11) is 0. The number of fused-ring (bicyclic) bond motifs is 15. The number of rotatable bonds is 11. The Morgan fingerprint density at radius 3 is 0.791 bits per heavy atom. The van der Waals surface area contributed by atoms with Gasteiger partial charge in [0.05, 0.1) is 44.1 Å². The average molecular weight is 1470 g/mol. The van der Waals surface area contributed by atoms with Gasteiger partial charge in [0.2, 0.25) is 0 Å². The molecule has 0 unspecified atom stereocenters. The number of benzene rings is 18. The number of aromatic nitrogens is 4. The maximum atomic E-state index is 2.47. The zero-order valence-electron chi connectivity index (χ0n) is 63.7. The molecule has 1 aliphatic rings. The van der Waals surface area contributed by atoms with Gasteiger partial charge in [-0.15, -0.1) is 0 Å². The summed E-state index contributed by atoms with van der Waals surface area (Å²) in [5.74, 6) is 0. The van der Waals surface area contributed by atoms with Gasteiger partial charge in [-0.05, 0) is 240 Å². The van der Waals surface area contributed by atoms with Gasteiger partial charge in [0.25, 0.3) is 0 Å². The molecule has 0 radical (unpaired) electrons. The van der Waals surface area contributed by atoms with Gasteiger partial charge < -0.3 is 18.3 Å². The first-order valence-corrected chi connectivity index (χ1v) is 39.8. The van der Waals surface area contributed by atoms with Crippen molar-refractivity contribution in [3.05, 3.63) is 436 Å². The molecule has 115 heavy (non-hydrogen) atoms. The first-order valence-electron chi connectivity index (χ1n) is 39.8. The summed E-state index contributed by atoms with van der Waals surface area (Å²) in [5.41, 5.74) is 36.4. The van der Waals surface area contributed by atoms with E-state index < -0.39 is 0 Å². The Morgan fingerprint density at radius 1 is 0.148 bits per heavy atom. The fourth-order valence-corrected chi connectivity index (χ4v) is 18.7. The Kier molecular flexibility index (Phi) is 15.9. The normalized spacial score (nSPS) is 12.3. The van der Waals surface area contributed by atoms with Crippen LogP contribution >= 0.6 is 0 Å². The number of para-hydroxylation sites is 6. The minimum absolute atomic E-state index is 0.0936. The second kappa shape index (κ2) is 27.3. The summed E-state index contributed by atoms with van der Waals surface area (Å²) in [6.45, 7) is 4.73. The molecule has 0 saturated heterocycles. The van der Waals surface area contributed by atoms with Crippen LogP contribution in [0.1, 0.15) is 25.0 Å². The van der Waals surface area contributed by atoms with Crippen LogP contribution in [0.2, 0.25) is 0 Å². The van der Waals surface area contributed by atoms with Crippen molar-refractivity contribution in [2.24, 2.45) is 0 Å². The largest absolute Gasteiger partial charge is 0.309 e. The number of hydrogen-bond donors (Lipinski definition) is 0. The van der Waals surface area contributed by atoms with E-state index in [2.05, 4.69) is 457 Å². The molecule has 4 heteroatoms. The SMILES string of the molecule is CC1(C)c2ccccc2-c2ccc(-c3cc(-c4ccc5c(c4)c4ccccc4n5-c4ccccc4)cc(-n4c5ccccc5c5cc(-c6ccccc6)ccc54)c3)cc21.c1ccc(-c2ccc(-c3cc(-c4ccc5c(c4)c4cc(-c6ccccc6)ccc4n5-c4ccccc4)cc(-n4c5ccccc5c5ccccc54)c3)cc2)cc1. The van der Waals surface area contributed by atoms with Crippen LogP contribution in [0.25, 0.3) is 199 Å². The molecule has 4 nitrogen and oxygen atoms in total. The lowest BCUT2D eigenvalue weighted by Crippen LogP contribution is -2.14. The molecule has 0 saturated carbocycles. The summed E-state index contributed by atoms with van der Waals surface area (Å²) in [4.78, 5) is 0. The maximum Gasteiger partial charge on any atom is 0.0541 e. The maximum absolute atomic E-state index is 2.47. The quantitative estimate of drug-likeness (QED) is 0.123. The lowest BCUT2D eigenvalue weighted by Gasteiger charge is -2.22. The highest BCUT2D eigenvalue weighted by molar-refractivity contribution is 6.15. The Bertz CT molecular complexity index is 7510. The fraction of sp³-hybridized carbons (Fsp3) is 0.0270. The summed E-state index contributed by atoms with van der Waals surface area (Å²) in [6, 6.07) is 156. The summed E-state index contributed by atoms with van der Waals surface area (Å²) in [5, 5.41) is 9.98. The molecule has 18 aromatic carbocycles. The fourth-order valence-electron chi connectivity index (χ4n) is 18.7. The monoisotopic (exact) mass is 1460 g/mol. The molecule has 0 spiro atoms. The van der Waals surface area contributed by atoms with Gasteiger partial charge in [-0.1, -0.05) is 299 Å². The molecule has 0 atom stereocenters. The highest BCUT2D eigenvalue weighted by Crippen LogP contribution is 2.51. The third kappa shape index (κ3) is 11.4. The van der Waals surface area contributed by atoms with Gasteiger partial charge in [0.1, 0.15) is 0 Å². The average Bonchev–Trinajstić information content (AvgIpc) is 1.60. The van der Waals surface area contributed by atoms with Crippen LogP contribution in [-0.4, -0.2) is 18.3 Å². The highest BCUT2D eigenvalue weighted by atomic mass is 15.0. The van der Waals surface area contributed by atoms with E-state index in [1.807, 2.05) is 0 Å². The van der Waals surface area contributed by atoms with Gasteiger partial charge in [0.15, 0.2) is 0 Å². The zero-order valence-corrected chi connectivity index (χ0v) is 63.7. The van der Waals surface area contributed by atoms with Crippen LogP contribution in [0, 0.1) is 0 Å². The third-order valence-corrected chi connectivity index (χ3v) is 24.2. The second-order valence-electron chi connectivity index (χ2n) is 31.2. The first-order chi connectivity index (χ1) is 56.8. The van der Waals surface area contributed by atoms with Gasteiger partial charge in [-0.25, -0.2) is 0 Å². The molecule has 0 N–H and O–H groups in total. The summed E-state index contributed by atoms with van der Waals surface area (Å²) >= 11 is 0. The predicted molar refractivity (Wildman–Crippen MR) is 486 cm³/mol. The van der Waals surface area contributed by atoms with Gasteiger partial charge >= 0.3 is 0 Å². The molecular formula is C111H76N4. The number of hydrogen-bond acceptors (Lipinski definition) is 0. The lowest BCUT2D eigenvalue weighted by atomic mass is 9.81. The van der Waals surface area contributed by atoms with Crippen LogP contribution < -0.4 is 0 Å². The molecule has 4 heterocycles. The van der Waals surface area contributed by atoms with E-state index in [0.717, 1.165) is 17.1 Å². The highest BCUT2D eigenvalue weighted by Gasteiger charge is 2.35. The van der Waals surface area contributed by atoms with Gasteiger partial charge in [0, 0.05) is 71.3 Å². The van der Waals surface area contributed by atoms with Crippen LogP contribution in [0.3, 0.4) is 0 Å². The topological polar surface area (TPSA) is 19.7 Å². The van der Waals surface area contributed by atoms with Gasteiger partial charge in [-0.3, -0.25) is 0 Å². The lowest BCUT2D eigenvalue weighted by molar-refractivity contribution is 0.660. The van der Waals surface area contributed by atoms with E-state index in [0.29, 0.717) is 0 Å². The Hall–Kier alpha value is -14.8. The molecule has 0 aliphatic heterocycles. The van der Waals surface area contributed by atoms with Crippen LogP contribution in [0.4, 0.5) is 0 Å². The van der Waals surface area contributed by atoms with Gasteiger partial charge in [-0.2, -0.15) is 0 Å². The summed E-state index contributed by atoms with van der Waals surface area (Å²) in [6.07, 6.45) is 0. The third-order valence-electron chi connectivity index (χ3n) is 24.2. The number of nitrogens with zero attached hydrogens (tertiary/aromatic N) is 4. The zero-order chi connectivity index (χ0) is 76.2. The first kappa shape index (κ1) is 67.1. The smallest absolute Gasteiger partial charge is 0.0541 e. The van der Waals surface area contributed by atoms with Crippen molar-refractivity contribution in [1.29, 1.82) is 0 Å². The Labute approximate surface area is 667 Å². The van der Waals surface area contributed by atoms with Crippen molar-refractivity contribution in [1.82, 2.24) is 18.3 Å². The molecular weight excluding hydrogens is 1390 g/mol.